The molecular formula is C10H17N3O. The third-order valence-corrected chi connectivity index (χ3v) is 1.91. The van der Waals surface area contributed by atoms with E-state index in [1.807, 2.05) is 6.92 Å². The number of hydrogen-bond acceptors (Lipinski definition) is 3. The average molecular weight is 195 g/mol. The van der Waals surface area contributed by atoms with Crippen molar-refractivity contribution >= 4 is 0 Å². The topological polar surface area (TPSA) is 57.8 Å². The van der Waals surface area contributed by atoms with Gasteiger partial charge in [-0.05, 0) is 13.0 Å². The van der Waals surface area contributed by atoms with Gasteiger partial charge in [0.15, 0.2) is 0 Å². The first-order valence-corrected chi connectivity index (χ1v) is 5.06. The van der Waals surface area contributed by atoms with E-state index in [-0.39, 0.29) is 5.56 Å². The van der Waals surface area contributed by atoms with Gasteiger partial charge >= 0.3 is 0 Å². The second-order valence-electron chi connectivity index (χ2n) is 3.21. The lowest BCUT2D eigenvalue weighted by Crippen LogP contribution is -2.19. The second kappa shape index (κ2) is 5.54. The van der Waals surface area contributed by atoms with Crippen LogP contribution in [-0.2, 0) is 13.0 Å². The zero-order valence-corrected chi connectivity index (χ0v) is 8.76. The summed E-state index contributed by atoms with van der Waals surface area (Å²) in [4.78, 5) is 18.2. The van der Waals surface area contributed by atoms with E-state index in [1.54, 1.807) is 6.07 Å². The van der Waals surface area contributed by atoms with Crippen LogP contribution in [0.5, 0.6) is 0 Å². The summed E-state index contributed by atoms with van der Waals surface area (Å²) in [6.45, 7) is 5.71. The molecule has 0 aliphatic carbocycles. The standard InChI is InChI=1S/C10H17N3O/c1-3-5-11-7-8-6-10(14)13-9(4-2)12-8/h6,11H,3-5,7H2,1-2H3,(H,12,13,14). The van der Waals surface area contributed by atoms with Crippen LogP contribution in [0, 0.1) is 0 Å². The normalized spacial score (nSPS) is 10.4. The molecule has 0 amide bonds. The second-order valence-corrected chi connectivity index (χ2v) is 3.21. The maximum Gasteiger partial charge on any atom is 0.251 e. The largest absolute Gasteiger partial charge is 0.311 e. The van der Waals surface area contributed by atoms with Crippen LogP contribution < -0.4 is 10.9 Å². The summed E-state index contributed by atoms with van der Waals surface area (Å²) in [6.07, 6.45) is 1.85. The van der Waals surface area contributed by atoms with Gasteiger partial charge in [0, 0.05) is 19.0 Å². The predicted octanol–water partition coefficient (Wildman–Crippen LogP) is 0.832. The van der Waals surface area contributed by atoms with Crippen LogP contribution in [0.2, 0.25) is 0 Å². The van der Waals surface area contributed by atoms with Crippen molar-refractivity contribution in [3.8, 4) is 0 Å². The molecule has 0 saturated heterocycles. The lowest BCUT2D eigenvalue weighted by molar-refractivity contribution is 0.657. The van der Waals surface area contributed by atoms with E-state index in [0.29, 0.717) is 6.54 Å². The van der Waals surface area contributed by atoms with Crippen LogP contribution in [0.4, 0.5) is 0 Å². The number of aryl methyl sites for hydroxylation is 1. The molecule has 0 atom stereocenters. The molecule has 0 radical (unpaired) electrons. The van der Waals surface area contributed by atoms with Crippen molar-refractivity contribution in [2.45, 2.75) is 33.2 Å². The molecule has 2 N–H and O–H groups in total. The number of aromatic nitrogens is 2. The minimum absolute atomic E-state index is 0.0647. The van der Waals surface area contributed by atoms with Crippen molar-refractivity contribution in [3.05, 3.63) is 27.9 Å². The summed E-state index contributed by atoms with van der Waals surface area (Å²) in [6, 6.07) is 1.54. The number of hydrogen-bond donors (Lipinski definition) is 2. The van der Waals surface area contributed by atoms with Gasteiger partial charge in [0.25, 0.3) is 5.56 Å². The smallest absolute Gasteiger partial charge is 0.251 e. The fourth-order valence-corrected chi connectivity index (χ4v) is 1.21. The van der Waals surface area contributed by atoms with E-state index in [0.717, 1.165) is 30.9 Å². The molecule has 0 aliphatic heterocycles. The van der Waals surface area contributed by atoms with Crippen molar-refractivity contribution in [2.75, 3.05) is 6.54 Å². The number of H-pyrrole nitrogens is 1. The zero-order chi connectivity index (χ0) is 10.4. The molecule has 4 nitrogen and oxygen atoms in total. The van der Waals surface area contributed by atoms with Gasteiger partial charge in [-0.1, -0.05) is 13.8 Å². The lowest BCUT2D eigenvalue weighted by Gasteiger charge is -2.03. The molecule has 1 heterocycles. The molecule has 0 aromatic carbocycles. The monoisotopic (exact) mass is 195 g/mol. The summed E-state index contributed by atoms with van der Waals surface area (Å²) < 4.78 is 0. The number of aromatic amines is 1. The van der Waals surface area contributed by atoms with Crippen LogP contribution in [0.1, 0.15) is 31.8 Å². The molecule has 0 bridgehead atoms. The summed E-state index contributed by atoms with van der Waals surface area (Å²) in [7, 11) is 0. The van der Waals surface area contributed by atoms with Crippen LogP contribution in [0.3, 0.4) is 0 Å². The number of rotatable bonds is 5. The molecule has 0 saturated carbocycles. The average Bonchev–Trinajstić information content (AvgIpc) is 2.17. The number of nitrogens with one attached hydrogen (secondary N) is 2. The van der Waals surface area contributed by atoms with Gasteiger partial charge in [-0.15, -0.1) is 0 Å². The minimum Gasteiger partial charge on any atom is -0.311 e. The molecule has 1 rings (SSSR count). The quantitative estimate of drug-likeness (QED) is 0.684. The molecule has 1 aromatic rings. The van der Waals surface area contributed by atoms with Crippen molar-refractivity contribution in [1.82, 2.24) is 15.3 Å². The third-order valence-electron chi connectivity index (χ3n) is 1.91. The zero-order valence-electron chi connectivity index (χ0n) is 8.76. The maximum atomic E-state index is 11.2. The first kappa shape index (κ1) is 10.9. The Bertz CT molecular complexity index is 332. The first-order chi connectivity index (χ1) is 6.76. The van der Waals surface area contributed by atoms with Crippen LogP contribution in [0.15, 0.2) is 10.9 Å². The Hall–Kier alpha value is -1.16. The Morgan fingerprint density at radius 1 is 1.50 bits per heavy atom. The molecule has 0 fully saturated rings. The third kappa shape index (κ3) is 3.30. The minimum atomic E-state index is -0.0647. The molecule has 78 valence electrons. The van der Waals surface area contributed by atoms with Gasteiger partial charge in [0.2, 0.25) is 0 Å². The van der Waals surface area contributed by atoms with Crippen LogP contribution >= 0.6 is 0 Å². The van der Waals surface area contributed by atoms with E-state index in [9.17, 15) is 4.79 Å². The fourth-order valence-electron chi connectivity index (χ4n) is 1.21. The van der Waals surface area contributed by atoms with Gasteiger partial charge in [0.05, 0.1) is 5.69 Å². The molecule has 0 spiro atoms. The molecule has 1 aromatic heterocycles. The Kier molecular flexibility index (Phi) is 4.32. The van der Waals surface area contributed by atoms with Crippen LogP contribution in [-0.4, -0.2) is 16.5 Å². The molecule has 4 heteroatoms. The summed E-state index contributed by atoms with van der Waals surface area (Å²) >= 11 is 0. The Balaban J connectivity index is 2.67. The summed E-state index contributed by atoms with van der Waals surface area (Å²) in [5, 5.41) is 3.21. The number of nitrogens with zero attached hydrogens (tertiary/aromatic N) is 1. The fraction of sp³-hybridized carbons (Fsp3) is 0.600. The van der Waals surface area contributed by atoms with Gasteiger partial charge < -0.3 is 10.3 Å². The van der Waals surface area contributed by atoms with Gasteiger partial charge in [0.1, 0.15) is 5.82 Å². The highest BCUT2D eigenvalue weighted by Crippen LogP contribution is 1.92. The summed E-state index contributed by atoms with van der Waals surface area (Å²) in [5.41, 5.74) is 0.754. The van der Waals surface area contributed by atoms with Gasteiger partial charge in [-0.2, -0.15) is 0 Å². The van der Waals surface area contributed by atoms with Crippen molar-refractivity contribution < 1.29 is 0 Å². The van der Waals surface area contributed by atoms with E-state index in [2.05, 4.69) is 22.2 Å². The van der Waals surface area contributed by atoms with Gasteiger partial charge in [-0.3, -0.25) is 4.79 Å². The van der Waals surface area contributed by atoms with Crippen molar-refractivity contribution in [3.63, 3.8) is 0 Å². The van der Waals surface area contributed by atoms with Crippen molar-refractivity contribution in [2.24, 2.45) is 0 Å². The van der Waals surface area contributed by atoms with E-state index < -0.39 is 0 Å². The SMILES string of the molecule is CCCNCc1cc(=O)[nH]c(CC)n1. The van der Waals surface area contributed by atoms with E-state index in [1.165, 1.54) is 0 Å². The van der Waals surface area contributed by atoms with Gasteiger partial charge in [-0.25, -0.2) is 4.98 Å². The Morgan fingerprint density at radius 2 is 2.29 bits per heavy atom. The molecule has 14 heavy (non-hydrogen) atoms. The van der Waals surface area contributed by atoms with Crippen LogP contribution in [0.25, 0.3) is 0 Å². The maximum absolute atomic E-state index is 11.2. The molecular weight excluding hydrogens is 178 g/mol. The predicted molar refractivity (Wildman–Crippen MR) is 56.2 cm³/mol. The molecule has 0 aliphatic rings. The first-order valence-electron chi connectivity index (χ1n) is 5.06. The molecule has 0 unspecified atom stereocenters. The Labute approximate surface area is 83.8 Å². The van der Waals surface area contributed by atoms with E-state index in [4.69, 9.17) is 0 Å². The lowest BCUT2D eigenvalue weighted by atomic mass is 10.3. The summed E-state index contributed by atoms with van der Waals surface area (Å²) in [5.74, 6) is 0.755. The van der Waals surface area contributed by atoms with Crippen molar-refractivity contribution in [1.29, 1.82) is 0 Å². The Morgan fingerprint density at radius 3 is 2.93 bits per heavy atom. The highest BCUT2D eigenvalue weighted by atomic mass is 16.1. The van der Waals surface area contributed by atoms with E-state index >= 15 is 0 Å². The highest BCUT2D eigenvalue weighted by molar-refractivity contribution is 5.02. The highest BCUT2D eigenvalue weighted by Gasteiger charge is 1.98.